The third kappa shape index (κ3) is 3.98. The highest BCUT2D eigenvalue weighted by Crippen LogP contribution is 2.28. The topological polar surface area (TPSA) is 69.6 Å². The van der Waals surface area contributed by atoms with Gasteiger partial charge in [-0.3, -0.25) is 9.59 Å². The van der Waals surface area contributed by atoms with Crippen LogP contribution in [0.3, 0.4) is 0 Å². The Morgan fingerprint density at radius 2 is 2.00 bits per heavy atom. The van der Waals surface area contributed by atoms with Crippen LogP contribution in [0.2, 0.25) is 0 Å². The van der Waals surface area contributed by atoms with Crippen LogP contribution in [-0.4, -0.2) is 47.6 Å². The number of aliphatic carboxylic acids is 1. The van der Waals surface area contributed by atoms with Crippen molar-refractivity contribution in [3.8, 4) is 0 Å². The first kappa shape index (κ1) is 13.3. The quantitative estimate of drug-likeness (QED) is 0.757. The zero-order valence-corrected chi connectivity index (χ0v) is 10.9. The van der Waals surface area contributed by atoms with Crippen LogP contribution in [0.15, 0.2) is 0 Å². The molecule has 5 nitrogen and oxygen atoms in total. The summed E-state index contributed by atoms with van der Waals surface area (Å²) in [6.07, 6.45) is 3.62. The molecule has 2 atom stereocenters. The molecule has 5 heteroatoms. The van der Waals surface area contributed by atoms with Crippen LogP contribution >= 0.6 is 0 Å². The van der Waals surface area contributed by atoms with Crippen molar-refractivity contribution in [2.45, 2.75) is 38.6 Å². The molecule has 1 aliphatic carbocycles. The summed E-state index contributed by atoms with van der Waals surface area (Å²) >= 11 is 0. The van der Waals surface area contributed by atoms with E-state index in [2.05, 4.69) is 5.32 Å². The van der Waals surface area contributed by atoms with Crippen LogP contribution in [0.4, 0.5) is 0 Å². The van der Waals surface area contributed by atoms with Gasteiger partial charge in [-0.15, -0.1) is 0 Å². The number of likely N-dealkylation sites (tertiary alicyclic amines) is 1. The first-order chi connectivity index (χ1) is 8.54. The Labute approximate surface area is 108 Å². The molecular weight excluding hydrogens is 232 g/mol. The van der Waals surface area contributed by atoms with Crippen LogP contribution in [0.1, 0.15) is 32.6 Å². The van der Waals surface area contributed by atoms with E-state index in [0.29, 0.717) is 6.54 Å². The lowest BCUT2D eigenvalue weighted by Crippen LogP contribution is -2.51. The lowest BCUT2D eigenvalue weighted by molar-refractivity contribution is -0.140. The first-order valence-electron chi connectivity index (χ1n) is 6.75. The fourth-order valence-corrected chi connectivity index (χ4v) is 2.66. The minimum atomic E-state index is -0.772. The Morgan fingerprint density at radius 3 is 2.56 bits per heavy atom. The van der Waals surface area contributed by atoms with Crippen molar-refractivity contribution >= 4 is 11.9 Å². The highest BCUT2D eigenvalue weighted by atomic mass is 16.4. The molecule has 1 saturated carbocycles. The third-order valence-electron chi connectivity index (χ3n) is 3.84. The van der Waals surface area contributed by atoms with E-state index < -0.39 is 5.97 Å². The Hall–Kier alpha value is -1.10. The maximum atomic E-state index is 11.5. The largest absolute Gasteiger partial charge is 0.481 e. The molecule has 0 aromatic heterocycles. The Morgan fingerprint density at radius 1 is 1.28 bits per heavy atom. The van der Waals surface area contributed by atoms with Gasteiger partial charge in [0, 0.05) is 32.5 Å². The number of carboxylic acids is 1. The van der Waals surface area contributed by atoms with Gasteiger partial charge in [0.15, 0.2) is 0 Å². The van der Waals surface area contributed by atoms with Crippen LogP contribution in [0.25, 0.3) is 0 Å². The molecule has 0 aromatic rings. The molecule has 2 rings (SSSR count). The summed E-state index contributed by atoms with van der Waals surface area (Å²) in [6, 6.07) is 0.257. The van der Waals surface area contributed by atoms with E-state index in [4.69, 9.17) is 5.11 Å². The van der Waals surface area contributed by atoms with Gasteiger partial charge in [-0.05, 0) is 37.6 Å². The van der Waals surface area contributed by atoms with Crippen LogP contribution in [-0.2, 0) is 9.59 Å². The van der Waals surface area contributed by atoms with Crippen molar-refractivity contribution in [1.29, 1.82) is 0 Å². The molecule has 1 heterocycles. The zero-order chi connectivity index (χ0) is 13.1. The molecule has 1 aliphatic heterocycles. The van der Waals surface area contributed by atoms with Gasteiger partial charge in [-0.1, -0.05) is 0 Å². The van der Waals surface area contributed by atoms with E-state index in [9.17, 15) is 9.59 Å². The number of rotatable bonds is 5. The number of nitrogens with one attached hydrogen (secondary N) is 1. The number of carbonyl (C=O) groups excluding carboxylic acids is 1. The van der Waals surface area contributed by atoms with Crippen molar-refractivity contribution in [1.82, 2.24) is 10.2 Å². The van der Waals surface area contributed by atoms with Gasteiger partial charge in [0.25, 0.3) is 0 Å². The molecule has 0 bridgehead atoms. The molecule has 1 saturated heterocycles. The number of hydrogen-bond donors (Lipinski definition) is 2. The Bertz CT molecular complexity index is 328. The summed E-state index contributed by atoms with van der Waals surface area (Å²) in [7, 11) is 0. The highest BCUT2D eigenvalue weighted by Gasteiger charge is 2.31. The maximum absolute atomic E-state index is 11.5. The average Bonchev–Trinajstić information content (AvgIpc) is 3.08. The smallest absolute Gasteiger partial charge is 0.303 e. The molecule has 0 spiro atoms. The fourth-order valence-electron chi connectivity index (χ4n) is 2.66. The summed E-state index contributed by atoms with van der Waals surface area (Å²) in [5, 5.41) is 12.4. The van der Waals surface area contributed by atoms with Gasteiger partial charge < -0.3 is 15.3 Å². The lowest BCUT2D eigenvalue weighted by atomic mass is 9.91. The summed E-state index contributed by atoms with van der Waals surface area (Å²) in [5.74, 6) is 0.155. The Balaban J connectivity index is 1.87. The molecule has 0 radical (unpaired) electrons. The molecule has 1 amide bonds. The molecule has 2 N–H and O–H groups in total. The molecular formula is C13H22N2O3. The van der Waals surface area contributed by atoms with Crippen LogP contribution < -0.4 is 5.32 Å². The molecule has 0 aromatic carbocycles. The Kier molecular flexibility index (Phi) is 4.22. The predicted octanol–water partition coefficient (Wildman–Crippen LogP) is 0.698. The van der Waals surface area contributed by atoms with Gasteiger partial charge >= 0.3 is 5.97 Å². The number of hydrogen-bond acceptors (Lipinski definition) is 3. The van der Waals surface area contributed by atoms with Crippen molar-refractivity contribution in [2.24, 2.45) is 11.8 Å². The summed E-state index contributed by atoms with van der Waals surface area (Å²) < 4.78 is 0. The fraction of sp³-hybridized carbons (Fsp3) is 0.846. The molecule has 2 aliphatic rings. The second kappa shape index (κ2) is 5.69. The predicted molar refractivity (Wildman–Crippen MR) is 67.1 cm³/mol. The first-order valence-corrected chi connectivity index (χ1v) is 6.75. The average molecular weight is 254 g/mol. The SMILES string of the molecule is CC(=O)N1CC(CC(=O)O)CC(NCC2CC2)C1. The number of carbonyl (C=O) groups is 2. The van der Waals surface area contributed by atoms with E-state index in [0.717, 1.165) is 25.4 Å². The van der Waals surface area contributed by atoms with Crippen molar-refractivity contribution < 1.29 is 14.7 Å². The molecule has 2 fully saturated rings. The van der Waals surface area contributed by atoms with E-state index in [1.165, 1.54) is 12.8 Å². The third-order valence-corrected chi connectivity index (χ3v) is 3.84. The number of carboxylic acid groups (broad SMARTS) is 1. The number of amides is 1. The van der Waals surface area contributed by atoms with Gasteiger partial charge in [-0.2, -0.15) is 0 Å². The minimum absolute atomic E-state index is 0.0447. The summed E-state index contributed by atoms with van der Waals surface area (Å²) in [4.78, 5) is 24.1. The van der Waals surface area contributed by atoms with Gasteiger partial charge in [0.2, 0.25) is 5.91 Å². The molecule has 18 heavy (non-hydrogen) atoms. The van der Waals surface area contributed by atoms with Crippen molar-refractivity contribution in [2.75, 3.05) is 19.6 Å². The van der Waals surface area contributed by atoms with E-state index >= 15 is 0 Å². The minimum Gasteiger partial charge on any atom is -0.481 e. The van der Waals surface area contributed by atoms with Gasteiger partial charge in [-0.25, -0.2) is 0 Å². The van der Waals surface area contributed by atoms with Crippen molar-refractivity contribution in [3.05, 3.63) is 0 Å². The van der Waals surface area contributed by atoms with E-state index in [1.54, 1.807) is 11.8 Å². The van der Waals surface area contributed by atoms with Crippen molar-refractivity contribution in [3.63, 3.8) is 0 Å². The highest BCUT2D eigenvalue weighted by molar-refractivity contribution is 5.73. The van der Waals surface area contributed by atoms with Gasteiger partial charge in [0.05, 0.1) is 0 Å². The van der Waals surface area contributed by atoms with E-state index in [1.807, 2.05) is 0 Å². The van der Waals surface area contributed by atoms with Crippen LogP contribution in [0, 0.1) is 11.8 Å². The second-order valence-electron chi connectivity index (χ2n) is 5.67. The van der Waals surface area contributed by atoms with Crippen LogP contribution in [0.5, 0.6) is 0 Å². The van der Waals surface area contributed by atoms with Gasteiger partial charge in [0.1, 0.15) is 0 Å². The normalized spacial score (nSPS) is 28.2. The summed E-state index contributed by atoms with van der Waals surface area (Å²) in [6.45, 7) is 3.87. The number of piperidine rings is 1. The summed E-state index contributed by atoms with van der Waals surface area (Å²) in [5.41, 5.74) is 0. The zero-order valence-electron chi connectivity index (χ0n) is 10.9. The monoisotopic (exact) mass is 254 g/mol. The maximum Gasteiger partial charge on any atom is 0.303 e. The number of nitrogens with zero attached hydrogens (tertiary/aromatic N) is 1. The molecule has 102 valence electrons. The standard InChI is InChI=1S/C13H22N2O3/c1-9(16)15-7-11(5-13(17)18)4-12(8-15)14-6-10-2-3-10/h10-12,14H,2-8H2,1H3,(H,17,18). The second-order valence-corrected chi connectivity index (χ2v) is 5.67. The molecule has 2 unspecified atom stereocenters. The lowest BCUT2D eigenvalue weighted by Gasteiger charge is -2.37. The van der Waals surface area contributed by atoms with E-state index in [-0.39, 0.29) is 24.3 Å².